The highest BCUT2D eigenvalue weighted by atomic mass is 16.6. The summed E-state index contributed by atoms with van der Waals surface area (Å²) in [5, 5.41) is 0. The molecule has 0 radical (unpaired) electrons. The van der Waals surface area contributed by atoms with Crippen LogP contribution >= 0.6 is 0 Å². The van der Waals surface area contributed by atoms with Crippen LogP contribution in [0.5, 0.6) is 0 Å². The minimum atomic E-state index is -0.788. The number of ether oxygens (including phenoxy) is 3. The monoisotopic (exact) mass is 1160 g/mol. The van der Waals surface area contributed by atoms with Crippen LogP contribution in [0.1, 0.15) is 367 Å². The van der Waals surface area contributed by atoms with Crippen molar-refractivity contribution in [3.63, 3.8) is 0 Å². The van der Waals surface area contributed by atoms with Crippen LogP contribution < -0.4 is 0 Å². The van der Waals surface area contributed by atoms with Crippen LogP contribution in [0.2, 0.25) is 0 Å². The van der Waals surface area contributed by atoms with Gasteiger partial charge in [-0.15, -0.1) is 0 Å². The molecular weight excluding hydrogens is 1020 g/mol. The van der Waals surface area contributed by atoms with Crippen LogP contribution in [0, 0.1) is 0 Å². The second-order valence-electron chi connectivity index (χ2n) is 24.1. The molecule has 0 aliphatic rings. The van der Waals surface area contributed by atoms with E-state index in [1.54, 1.807) is 0 Å². The van der Waals surface area contributed by atoms with Crippen molar-refractivity contribution in [1.82, 2.24) is 0 Å². The lowest BCUT2D eigenvalue weighted by Gasteiger charge is -2.18. The first-order valence-corrected chi connectivity index (χ1v) is 36.1. The lowest BCUT2D eigenvalue weighted by molar-refractivity contribution is -0.167. The first kappa shape index (κ1) is 79.6. The first-order chi connectivity index (χ1) is 41.0. The number of allylic oxidation sites excluding steroid dienone is 14. The molecule has 6 heteroatoms. The van der Waals surface area contributed by atoms with Crippen molar-refractivity contribution in [3.8, 4) is 0 Å². The summed E-state index contributed by atoms with van der Waals surface area (Å²) >= 11 is 0. The van der Waals surface area contributed by atoms with Gasteiger partial charge in [0.15, 0.2) is 6.10 Å². The summed E-state index contributed by atoms with van der Waals surface area (Å²) in [6, 6.07) is 0. The van der Waals surface area contributed by atoms with Gasteiger partial charge in [0.2, 0.25) is 0 Å². The predicted octanol–water partition coefficient (Wildman–Crippen LogP) is 25.0. The zero-order valence-electron chi connectivity index (χ0n) is 55.2. The molecule has 0 aliphatic carbocycles. The molecule has 83 heavy (non-hydrogen) atoms. The van der Waals surface area contributed by atoms with Gasteiger partial charge in [0.05, 0.1) is 0 Å². The third-order valence-corrected chi connectivity index (χ3v) is 15.8. The van der Waals surface area contributed by atoms with E-state index < -0.39 is 6.10 Å². The molecular formula is C77H136O6. The van der Waals surface area contributed by atoms with Gasteiger partial charge in [0.1, 0.15) is 13.2 Å². The maximum absolute atomic E-state index is 12.9. The standard InChI is InChI=1S/C77H136O6/c1-4-7-10-13-16-19-22-25-27-29-31-33-34-35-36-37-38-39-40-41-42-44-45-47-49-52-55-58-61-64-67-70-76(79)82-73-74(72-81-75(78)69-66-63-60-57-54-51-24-21-18-15-12-9-6-3)83-77(80)71-68-65-62-59-56-53-50-48-46-43-32-30-28-26-23-20-17-14-11-8-5-2/h8,11-12,15,17,20-21,24,26,28-29,31-32,43,74H,4-7,9-10,13-14,16,18-19,22-23,25,27,30,33-42,44-73H2,1-3H3/b11-8-,15-12-,20-17-,24-21-,28-26-,31-29-,43-32-. The van der Waals surface area contributed by atoms with Crippen LogP contribution in [0.4, 0.5) is 0 Å². The molecule has 0 spiro atoms. The molecule has 1 unspecified atom stereocenters. The number of esters is 3. The maximum atomic E-state index is 12.9. The molecule has 0 aromatic carbocycles. The quantitative estimate of drug-likeness (QED) is 0.0261. The van der Waals surface area contributed by atoms with Gasteiger partial charge in [-0.05, 0) is 109 Å². The topological polar surface area (TPSA) is 78.9 Å². The molecule has 0 aliphatic heterocycles. The van der Waals surface area contributed by atoms with E-state index in [0.717, 1.165) is 116 Å². The lowest BCUT2D eigenvalue weighted by atomic mass is 10.0. The largest absolute Gasteiger partial charge is 0.462 e. The Morgan fingerprint density at radius 1 is 0.253 bits per heavy atom. The zero-order chi connectivity index (χ0) is 59.9. The summed E-state index contributed by atoms with van der Waals surface area (Å²) in [7, 11) is 0. The Balaban J connectivity index is 4.20. The molecule has 0 amide bonds. The van der Waals surface area contributed by atoms with Crippen molar-refractivity contribution in [1.29, 1.82) is 0 Å². The minimum absolute atomic E-state index is 0.0817. The zero-order valence-corrected chi connectivity index (χ0v) is 55.2. The van der Waals surface area contributed by atoms with Gasteiger partial charge < -0.3 is 14.2 Å². The number of unbranched alkanes of at least 4 members (excludes halogenated alkanes) is 41. The number of hydrogen-bond donors (Lipinski definition) is 0. The van der Waals surface area contributed by atoms with Crippen LogP contribution in [0.25, 0.3) is 0 Å². The maximum Gasteiger partial charge on any atom is 0.306 e. The van der Waals surface area contributed by atoms with Crippen molar-refractivity contribution >= 4 is 17.9 Å². The molecule has 0 aromatic rings. The van der Waals surface area contributed by atoms with Crippen molar-refractivity contribution < 1.29 is 28.6 Å². The first-order valence-electron chi connectivity index (χ1n) is 36.1. The van der Waals surface area contributed by atoms with E-state index in [2.05, 4.69) is 106 Å². The highest BCUT2D eigenvalue weighted by Gasteiger charge is 2.19. The van der Waals surface area contributed by atoms with Gasteiger partial charge in [0.25, 0.3) is 0 Å². The van der Waals surface area contributed by atoms with E-state index in [1.165, 1.54) is 212 Å². The van der Waals surface area contributed by atoms with Crippen LogP contribution in [-0.2, 0) is 28.6 Å². The number of carbonyl (C=O) groups excluding carboxylic acids is 3. The predicted molar refractivity (Wildman–Crippen MR) is 362 cm³/mol. The summed E-state index contributed by atoms with van der Waals surface area (Å²) in [5.74, 6) is -0.887. The highest BCUT2D eigenvalue weighted by molar-refractivity contribution is 5.71. The summed E-state index contributed by atoms with van der Waals surface area (Å²) in [6.45, 7) is 6.49. The Labute approximate surface area is 515 Å². The van der Waals surface area contributed by atoms with E-state index in [0.29, 0.717) is 19.3 Å². The fourth-order valence-electron chi connectivity index (χ4n) is 10.5. The molecule has 0 N–H and O–H groups in total. The van der Waals surface area contributed by atoms with Crippen LogP contribution in [0.3, 0.4) is 0 Å². The van der Waals surface area contributed by atoms with Crippen LogP contribution in [-0.4, -0.2) is 37.2 Å². The van der Waals surface area contributed by atoms with Crippen molar-refractivity contribution in [3.05, 3.63) is 85.1 Å². The average Bonchev–Trinajstić information content (AvgIpc) is 3.49. The van der Waals surface area contributed by atoms with E-state index in [4.69, 9.17) is 14.2 Å². The fourth-order valence-corrected chi connectivity index (χ4v) is 10.5. The second kappa shape index (κ2) is 71.1. The summed E-state index contributed by atoms with van der Waals surface area (Å²) in [5.41, 5.74) is 0. The average molecular weight is 1160 g/mol. The smallest absolute Gasteiger partial charge is 0.306 e. The van der Waals surface area contributed by atoms with Crippen molar-refractivity contribution in [2.75, 3.05) is 13.2 Å². The molecule has 1 atom stereocenters. The van der Waals surface area contributed by atoms with Crippen molar-refractivity contribution in [2.24, 2.45) is 0 Å². The summed E-state index contributed by atoms with van der Waals surface area (Å²) in [4.78, 5) is 38.4. The lowest BCUT2D eigenvalue weighted by Crippen LogP contribution is -2.30. The van der Waals surface area contributed by atoms with Gasteiger partial charge in [-0.1, -0.05) is 324 Å². The molecule has 0 bridgehead atoms. The summed E-state index contributed by atoms with van der Waals surface area (Å²) < 4.78 is 17.0. The molecule has 480 valence electrons. The van der Waals surface area contributed by atoms with E-state index in [1.807, 2.05) is 0 Å². The van der Waals surface area contributed by atoms with Crippen molar-refractivity contribution in [2.45, 2.75) is 374 Å². The molecule has 0 saturated carbocycles. The number of rotatable bonds is 66. The highest BCUT2D eigenvalue weighted by Crippen LogP contribution is 2.18. The molecule has 0 saturated heterocycles. The van der Waals surface area contributed by atoms with E-state index in [-0.39, 0.29) is 31.1 Å². The molecule has 6 nitrogen and oxygen atoms in total. The van der Waals surface area contributed by atoms with Gasteiger partial charge in [-0.25, -0.2) is 0 Å². The molecule has 0 heterocycles. The normalized spacial score (nSPS) is 12.6. The van der Waals surface area contributed by atoms with E-state index >= 15 is 0 Å². The van der Waals surface area contributed by atoms with Crippen LogP contribution in [0.15, 0.2) is 85.1 Å². The Morgan fingerprint density at radius 2 is 0.494 bits per heavy atom. The number of hydrogen-bond acceptors (Lipinski definition) is 6. The Bertz CT molecular complexity index is 1570. The third kappa shape index (κ3) is 69.3. The van der Waals surface area contributed by atoms with E-state index in [9.17, 15) is 14.4 Å². The molecule has 0 fully saturated rings. The van der Waals surface area contributed by atoms with Gasteiger partial charge in [-0.2, -0.15) is 0 Å². The fraction of sp³-hybridized carbons (Fsp3) is 0.779. The van der Waals surface area contributed by atoms with Gasteiger partial charge in [-0.3, -0.25) is 14.4 Å². The Kier molecular flexibility index (Phi) is 68.2. The SMILES string of the molecule is CC/C=C\C/C=C\C/C=C\C/C=C\CCCCCCCCCCC(=O)OC(COC(=O)CCCCCCC/C=C\C/C=C\CCC)COC(=O)CCCCCCCCCCCCCCCCCCCCC/C=C\CCCCCCCCCC. The third-order valence-electron chi connectivity index (χ3n) is 15.8. The Hall–Kier alpha value is -3.41. The molecule has 0 rings (SSSR count). The number of carbonyl (C=O) groups is 3. The summed E-state index contributed by atoms with van der Waals surface area (Å²) in [6.07, 6.45) is 94.8. The van der Waals surface area contributed by atoms with Gasteiger partial charge in [0, 0.05) is 19.3 Å². The Morgan fingerprint density at radius 3 is 0.795 bits per heavy atom. The minimum Gasteiger partial charge on any atom is -0.462 e. The molecule has 0 aromatic heterocycles. The second-order valence-corrected chi connectivity index (χ2v) is 24.1. The van der Waals surface area contributed by atoms with Gasteiger partial charge >= 0.3 is 17.9 Å².